The fourth-order valence-corrected chi connectivity index (χ4v) is 3.49. The van der Waals surface area contributed by atoms with Gasteiger partial charge in [0, 0.05) is 35.7 Å². The first-order valence-electron chi connectivity index (χ1n) is 6.93. The molecule has 1 aliphatic rings. The van der Waals surface area contributed by atoms with E-state index in [0.717, 1.165) is 12.5 Å². The Balaban J connectivity index is 2.42. The molecule has 0 aromatic heterocycles. The molecule has 2 unspecified atom stereocenters. The lowest BCUT2D eigenvalue weighted by molar-refractivity contribution is 0.151. The monoisotopic (exact) mass is 258 g/mol. The van der Waals surface area contributed by atoms with Crippen LogP contribution in [0.1, 0.15) is 41.5 Å². The van der Waals surface area contributed by atoms with Gasteiger partial charge in [-0.05, 0) is 33.2 Å². The van der Waals surface area contributed by atoms with E-state index in [2.05, 4.69) is 63.5 Å². The molecule has 2 atom stereocenters. The van der Waals surface area contributed by atoms with E-state index in [4.69, 9.17) is 0 Å². The molecule has 1 heterocycles. The molecule has 3 heteroatoms. The van der Waals surface area contributed by atoms with E-state index in [1.807, 2.05) is 0 Å². The Morgan fingerprint density at radius 3 is 2.41 bits per heavy atom. The minimum atomic E-state index is 0.428. The molecule has 1 rings (SSSR count). The Labute approximate surface area is 112 Å². The van der Waals surface area contributed by atoms with Crippen molar-refractivity contribution in [2.45, 2.75) is 58.4 Å². The normalized spacial score (nSPS) is 24.9. The van der Waals surface area contributed by atoms with Crippen molar-refractivity contribution >= 4 is 11.8 Å². The number of nitrogens with zero attached hydrogens (tertiary/aromatic N) is 1. The Morgan fingerprint density at radius 1 is 1.24 bits per heavy atom. The van der Waals surface area contributed by atoms with Crippen molar-refractivity contribution in [3.05, 3.63) is 0 Å². The van der Waals surface area contributed by atoms with Crippen LogP contribution in [0.5, 0.6) is 0 Å². The Morgan fingerprint density at radius 2 is 1.88 bits per heavy atom. The molecule has 1 N–H and O–H groups in total. The van der Waals surface area contributed by atoms with Gasteiger partial charge in [-0.25, -0.2) is 0 Å². The first kappa shape index (κ1) is 15.3. The van der Waals surface area contributed by atoms with E-state index in [0.29, 0.717) is 16.8 Å². The molecule has 1 saturated heterocycles. The number of hydrogen-bond acceptors (Lipinski definition) is 3. The highest BCUT2D eigenvalue weighted by Crippen LogP contribution is 2.31. The summed E-state index contributed by atoms with van der Waals surface area (Å²) in [5.41, 5.74) is 0. The third kappa shape index (κ3) is 5.19. The molecule has 0 aromatic carbocycles. The van der Waals surface area contributed by atoms with Gasteiger partial charge >= 0.3 is 0 Å². The van der Waals surface area contributed by atoms with Gasteiger partial charge in [-0.2, -0.15) is 11.8 Å². The van der Waals surface area contributed by atoms with Crippen molar-refractivity contribution in [1.29, 1.82) is 0 Å². The maximum Gasteiger partial charge on any atom is 0.0231 e. The molecule has 0 spiro atoms. The molecular weight excluding hydrogens is 228 g/mol. The molecule has 1 aliphatic heterocycles. The molecule has 0 radical (unpaired) electrons. The van der Waals surface area contributed by atoms with Crippen LogP contribution in [0.25, 0.3) is 0 Å². The zero-order chi connectivity index (χ0) is 13.1. The van der Waals surface area contributed by atoms with Crippen LogP contribution < -0.4 is 5.32 Å². The van der Waals surface area contributed by atoms with E-state index in [-0.39, 0.29) is 0 Å². The molecular formula is C14H30N2S. The number of rotatable bonds is 5. The highest BCUT2D eigenvalue weighted by Gasteiger charge is 2.31. The lowest BCUT2D eigenvalue weighted by Crippen LogP contribution is -2.50. The summed E-state index contributed by atoms with van der Waals surface area (Å²) in [5, 5.41) is 3.55. The van der Waals surface area contributed by atoms with Crippen molar-refractivity contribution < 1.29 is 0 Å². The third-order valence-corrected chi connectivity index (χ3v) is 5.00. The number of hydrogen-bond donors (Lipinski definition) is 1. The molecule has 2 nitrogen and oxygen atoms in total. The minimum absolute atomic E-state index is 0.428. The van der Waals surface area contributed by atoms with E-state index < -0.39 is 0 Å². The quantitative estimate of drug-likeness (QED) is 0.816. The fourth-order valence-electron chi connectivity index (χ4n) is 2.35. The first-order valence-corrected chi connectivity index (χ1v) is 7.92. The largest absolute Gasteiger partial charge is 0.314 e. The Hall–Kier alpha value is 0.270. The van der Waals surface area contributed by atoms with Crippen LogP contribution in [0.2, 0.25) is 0 Å². The summed E-state index contributed by atoms with van der Waals surface area (Å²) in [5.74, 6) is 2.00. The van der Waals surface area contributed by atoms with Crippen LogP contribution in [0.4, 0.5) is 0 Å². The standard InChI is InChI=1S/C14H30N2S/c1-11(2)15-9-12(3)13(4)16-7-8-17-14(5,6)10-16/h11-13,15H,7-10H2,1-6H3. The second-order valence-electron chi connectivity index (χ2n) is 6.36. The van der Waals surface area contributed by atoms with Crippen LogP contribution in [0.15, 0.2) is 0 Å². The molecule has 102 valence electrons. The molecule has 17 heavy (non-hydrogen) atoms. The molecule has 0 bridgehead atoms. The average Bonchev–Trinajstić information content (AvgIpc) is 2.23. The van der Waals surface area contributed by atoms with Gasteiger partial charge in [-0.3, -0.25) is 4.90 Å². The smallest absolute Gasteiger partial charge is 0.0231 e. The average molecular weight is 258 g/mol. The highest BCUT2D eigenvalue weighted by molar-refractivity contribution is 8.00. The van der Waals surface area contributed by atoms with E-state index in [1.54, 1.807) is 0 Å². The van der Waals surface area contributed by atoms with Crippen molar-refractivity contribution in [2.75, 3.05) is 25.4 Å². The molecule has 0 amide bonds. The zero-order valence-corrected chi connectivity index (χ0v) is 13.2. The summed E-state index contributed by atoms with van der Waals surface area (Å²) < 4.78 is 0.428. The predicted octanol–water partition coefficient (Wildman–Crippen LogP) is 2.84. The van der Waals surface area contributed by atoms with Gasteiger partial charge in [0.25, 0.3) is 0 Å². The molecule has 0 aliphatic carbocycles. The van der Waals surface area contributed by atoms with Crippen LogP contribution >= 0.6 is 11.8 Å². The van der Waals surface area contributed by atoms with Gasteiger partial charge in [0.15, 0.2) is 0 Å². The molecule has 0 aromatic rings. The first-order chi connectivity index (χ1) is 7.82. The zero-order valence-electron chi connectivity index (χ0n) is 12.4. The lowest BCUT2D eigenvalue weighted by atomic mass is 10.00. The van der Waals surface area contributed by atoms with Crippen LogP contribution in [0.3, 0.4) is 0 Å². The van der Waals surface area contributed by atoms with Gasteiger partial charge < -0.3 is 5.32 Å². The second-order valence-corrected chi connectivity index (χ2v) is 8.16. The fraction of sp³-hybridized carbons (Fsp3) is 1.00. The topological polar surface area (TPSA) is 15.3 Å². The van der Waals surface area contributed by atoms with E-state index in [1.165, 1.54) is 18.8 Å². The van der Waals surface area contributed by atoms with Crippen molar-refractivity contribution in [2.24, 2.45) is 5.92 Å². The number of nitrogens with one attached hydrogen (secondary N) is 1. The summed E-state index contributed by atoms with van der Waals surface area (Å²) in [6.07, 6.45) is 0. The number of thioether (sulfide) groups is 1. The van der Waals surface area contributed by atoms with Crippen molar-refractivity contribution in [3.8, 4) is 0 Å². The van der Waals surface area contributed by atoms with Gasteiger partial charge in [0.05, 0.1) is 0 Å². The second kappa shape index (κ2) is 6.44. The molecule has 1 fully saturated rings. The summed E-state index contributed by atoms with van der Waals surface area (Å²) in [7, 11) is 0. The van der Waals surface area contributed by atoms with Crippen LogP contribution in [-0.4, -0.2) is 47.1 Å². The van der Waals surface area contributed by atoms with Crippen LogP contribution in [0, 0.1) is 5.92 Å². The highest BCUT2D eigenvalue weighted by atomic mass is 32.2. The van der Waals surface area contributed by atoms with E-state index >= 15 is 0 Å². The minimum Gasteiger partial charge on any atom is -0.314 e. The summed E-state index contributed by atoms with van der Waals surface area (Å²) in [6, 6.07) is 1.28. The predicted molar refractivity (Wildman–Crippen MR) is 79.9 cm³/mol. The van der Waals surface area contributed by atoms with Crippen LogP contribution in [-0.2, 0) is 0 Å². The summed E-state index contributed by atoms with van der Waals surface area (Å²) in [6.45, 7) is 17.5. The molecule has 0 saturated carbocycles. The van der Waals surface area contributed by atoms with Crippen molar-refractivity contribution in [1.82, 2.24) is 10.2 Å². The SMILES string of the molecule is CC(C)NCC(C)C(C)N1CCSC(C)(C)C1. The Bertz CT molecular complexity index is 228. The van der Waals surface area contributed by atoms with Gasteiger partial charge in [-0.1, -0.05) is 20.8 Å². The van der Waals surface area contributed by atoms with Crippen molar-refractivity contribution in [3.63, 3.8) is 0 Å². The summed E-state index contributed by atoms with van der Waals surface area (Å²) >= 11 is 2.11. The van der Waals surface area contributed by atoms with Gasteiger partial charge in [-0.15, -0.1) is 0 Å². The maximum atomic E-state index is 3.55. The van der Waals surface area contributed by atoms with E-state index in [9.17, 15) is 0 Å². The Kier molecular flexibility index (Phi) is 5.81. The lowest BCUT2D eigenvalue weighted by Gasteiger charge is -2.42. The maximum absolute atomic E-state index is 3.55. The third-order valence-electron chi connectivity index (χ3n) is 3.70. The van der Waals surface area contributed by atoms with Gasteiger partial charge in [0.2, 0.25) is 0 Å². The van der Waals surface area contributed by atoms with Gasteiger partial charge in [0.1, 0.15) is 0 Å². The summed E-state index contributed by atoms with van der Waals surface area (Å²) in [4.78, 5) is 2.67.